The molecule has 3 heteroatoms. The summed E-state index contributed by atoms with van der Waals surface area (Å²) in [6, 6.07) is 19.5. The normalized spacial score (nSPS) is 10.0. The number of hydrogen-bond donors (Lipinski definition) is 1. The van der Waals surface area contributed by atoms with Gasteiger partial charge in [0.15, 0.2) is 0 Å². The van der Waals surface area contributed by atoms with E-state index in [9.17, 15) is 4.79 Å². The Morgan fingerprint density at radius 1 is 0.944 bits per heavy atom. The number of carbonyl (C=O) groups is 1. The lowest BCUT2D eigenvalue weighted by atomic mass is 10.2. The number of amides is 1. The van der Waals surface area contributed by atoms with E-state index in [-0.39, 0.29) is 5.91 Å². The van der Waals surface area contributed by atoms with Gasteiger partial charge in [-0.25, -0.2) is 0 Å². The van der Waals surface area contributed by atoms with Crippen LogP contribution in [0, 0.1) is 0 Å². The van der Waals surface area contributed by atoms with Crippen molar-refractivity contribution in [2.75, 3.05) is 5.88 Å². The van der Waals surface area contributed by atoms with E-state index in [1.165, 1.54) is 5.56 Å². The molecule has 0 heterocycles. The third-order valence-corrected chi connectivity index (χ3v) is 3.37. The molecule has 0 aliphatic carbocycles. The molecule has 0 saturated heterocycles. The summed E-state index contributed by atoms with van der Waals surface area (Å²) in [6.07, 6.45) is 0. The van der Waals surface area contributed by atoms with E-state index in [4.69, 9.17) is 0 Å². The van der Waals surface area contributed by atoms with Crippen molar-refractivity contribution < 1.29 is 4.79 Å². The smallest absolute Gasteiger partial charge is 0.251 e. The first-order valence-electron chi connectivity index (χ1n) is 5.81. The Bertz CT molecular complexity index is 484. The maximum atomic E-state index is 11.7. The molecule has 0 atom stereocenters. The van der Waals surface area contributed by atoms with E-state index in [0.29, 0.717) is 11.4 Å². The largest absolute Gasteiger partial charge is 0.343 e. The molecule has 18 heavy (non-hydrogen) atoms. The predicted molar refractivity (Wildman–Crippen MR) is 76.5 cm³/mol. The second kappa shape index (κ2) is 6.87. The fourth-order valence-electron chi connectivity index (χ4n) is 1.55. The average Bonchev–Trinajstić information content (AvgIpc) is 2.45. The molecule has 0 aliphatic heterocycles. The van der Waals surface area contributed by atoms with Gasteiger partial charge in [-0.1, -0.05) is 48.5 Å². The Hall–Kier alpha value is -1.74. The summed E-state index contributed by atoms with van der Waals surface area (Å²) >= 11 is 1.70. The zero-order valence-corrected chi connectivity index (χ0v) is 10.8. The van der Waals surface area contributed by atoms with Crippen LogP contribution in [-0.4, -0.2) is 11.8 Å². The Balaban J connectivity index is 1.72. The molecule has 0 saturated carbocycles. The van der Waals surface area contributed by atoms with Crippen LogP contribution < -0.4 is 5.32 Å². The lowest BCUT2D eigenvalue weighted by molar-refractivity contribution is 0.0961. The summed E-state index contributed by atoms with van der Waals surface area (Å²) in [7, 11) is 0. The molecule has 2 aromatic rings. The Morgan fingerprint density at radius 2 is 1.56 bits per heavy atom. The van der Waals surface area contributed by atoms with Gasteiger partial charge in [-0.05, 0) is 17.7 Å². The monoisotopic (exact) mass is 257 g/mol. The molecule has 0 aliphatic rings. The Labute approximate surface area is 111 Å². The van der Waals surface area contributed by atoms with Crippen LogP contribution in [-0.2, 0) is 5.75 Å². The van der Waals surface area contributed by atoms with Crippen molar-refractivity contribution >= 4 is 17.7 Å². The molecule has 0 spiro atoms. The van der Waals surface area contributed by atoms with E-state index >= 15 is 0 Å². The molecule has 0 fully saturated rings. The topological polar surface area (TPSA) is 29.1 Å². The first-order chi connectivity index (χ1) is 8.86. The van der Waals surface area contributed by atoms with Crippen molar-refractivity contribution in [3.63, 3.8) is 0 Å². The average molecular weight is 257 g/mol. The molecule has 0 aromatic heterocycles. The number of carbonyl (C=O) groups excluding carboxylic acids is 1. The van der Waals surface area contributed by atoms with Crippen LogP contribution >= 0.6 is 11.8 Å². The Kier molecular flexibility index (Phi) is 4.85. The van der Waals surface area contributed by atoms with Gasteiger partial charge in [-0.15, -0.1) is 11.8 Å². The molecule has 1 amide bonds. The van der Waals surface area contributed by atoms with Gasteiger partial charge in [-0.3, -0.25) is 4.79 Å². The number of benzene rings is 2. The van der Waals surface area contributed by atoms with E-state index in [2.05, 4.69) is 17.4 Å². The van der Waals surface area contributed by atoms with Gasteiger partial charge in [0.1, 0.15) is 0 Å². The minimum absolute atomic E-state index is 0.0174. The zero-order valence-electron chi connectivity index (χ0n) is 10.0. The molecular formula is C15H15NOS. The third kappa shape index (κ3) is 3.93. The maximum Gasteiger partial charge on any atom is 0.251 e. The van der Waals surface area contributed by atoms with E-state index in [1.54, 1.807) is 11.8 Å². The second-order valence-corrected chi connectivity index (χ2v) is 4.84. The third-order valence-electron chi connectivity index (χ3n) is 2.48. The lowest BCUT2D eigenvalue weighted by Crippen LogP contribution is -2.22. The van der Waals surface area contributed by atoms with Crippen LogP contribution in [0.2, 0.25) is 0 Å². The van der Waals surface area contributed by atoms with Crippen molar-refractivity contribution in [3.8, 4) is 0 Å². The predicted octanol–water partition coefficient (Wildman–Crippen LogP) is 3.31. The van der Waals surface area contributed by atoms with Crippen molar-refractivity contribution in [1.82, 2.24) is 5.32 Å². The van der Waals surface area contributed by atoms with Crippen molar-refractivity contribution in [1.29, 1.82) is 0 Å². The number of hydrogen-bond acceptors (Lipinski definition) is 2. The number of rotatable bonds is 5. The summed E-state index contributed by atoms with van der Waals surface area (Å²) in [5, 5.41) is 2.89. The minimum Gasteiger partial charge on any atom is -0.343 e. The standard InChI is InChI=1S/C15H15NOS/c17-15(14-9-5-2-6-10-14)16-12-18-11-13-7-3-1-4-8-13/h1-10H,11-12H2,(H,16,17). The van der Waals surface area contributed by atoms with Crippen LogP contribution in [0.4, 0.5) is 0 Å². The minimum atomic E-state index is -0.0174. The summed E-state index contributed by atoms with van der Waals surface area (Å²) in [4.78, 5) is 11.7. The highest BCUT2D eigenvalue weighted by molar-refractivity contribution is 7.98. The van der Waals surface area contributed by atoms with Gasteiger partial charge in [0, 0.05) is 11.3 Å². The van der Waals surface area contributed by atoms with Gasteiger partial charge < -0.3 is 5.32 Å². The zero-order chi connectivity index (χ0) is 12.6. The second-order valence-electron chi connectivity index (χ2n) is 3.85. The summed E-state index contributed by atoms with van der Waals surface area (Å²) in [5.41, 5.74) is 1.98. The van der Waals surface area contributed by atoms with E-state index < -0.39 is 0 Å². The SMILES string of the molecule is O=C(NCSCc1ccccc1)c1ccccc1. The van der Waals surface area contributed by atoms with Gasteiger partial charge in [0.2, 0.25) is 0 Å². The number of nitrogens with one attached hydrogen (secondary N) is 1. The summed E-state index contributed by atoms with van der Waals surface area (Å²) in [6.45, 7) is 0. The van der Waals surface area contributed by atoms with Gasteiger partial charge in [0.25, 0.3) is 5.91 Å². The van der Waals surface area contributed by atoms with Crippen LogP contribution in [0.3, 0.4) is 0 Å². The fraction of sp³-hybridized carbons (Fsp3) is 0.133. The molecule has 0 unspecified atom stereocenters. The van der Waals surface area contributed by atoms with Crippen LogP contribution in [0.5, 0.6) is 0 Å². The molecule has 2 aromatic carbocycles. The molecule has 2 rings (SSSR count). The van der Waals surface area contributed by atoms with Crippen LogP contribution in [0.1, 0.15) is 15.9 Å². The molecule has 92 valence electrons. The van der Waals surface area contributed by atoms with E-state index in [0.717, 1.165) is 5.75 Å². The van der Waals surface area contributed by atoms with E-state index in [1.807, 2.05) is 48.5 Å². The van der Waals surface area contributed by atoms with Crippen molar-refractivity contribution in [3.05, 3.63) is 71.8 Å². The summed E-state index contributed by atoms with van der Waals surface area (Å²) in [5.74, 6) is 1.52. The van der Waals surface area contributed by atoms with Crippen LogP contribution in [0.15, 0.2) is 60.7 Å². The van der Waals surface area contributed by atoms with Gasteiger partial charge >= 0.3 is 0 Å². The first-order valence-corrected chi connectivity index (χ1v) is 6.96. The van der Waals surface area contributed by atoms with Gasteiger partial charge in [-0.2, -0.15) is 0 Å². The molecule has 0 bridgehead atoms. The highest BCUT2D eigenvalue weighted by Gasteiger charge is 2.02. The quantitative estimate of drug-likeness (QED) is 0.657. The Morgan fingerprint density at radius 3 is 2.22 bits per heavy atom. The molecular weight excluding hydrogens is 242 g/mol. The highest BCUT2D eigenvalue weighted by Crippen LogP contribution is 2.10. The molecule has 1 N–H and O–H groups in total. The molecule has 2 nitrogen and oxygen atoms in total. The van der Waals surface area contributed by atoms with Crippen molar-refractivity contribution in [2.45, 2.75) is 5.75 Å². The summed E-state index contributed by atoms with van der Waals surface area (Å²) < 4.78 is 0. The van der Waals surface area contributed by atoms with Crippen LogP contribution in [0.25, 0.3) is 0 Å². The maximum absolute atomic E-state index is 11.7. The lowest BCUT2D eigenvalue weighted by Gasteiger charge is -2.05. The molecule has 0 radical (unpaired) electrons. The number of thioether (sulfide) groups is 1. The highest BCUT2D eigenvalue weighted by atomic mass is 32.2. The fourth-order valence-corrected chi connectivity index (χ4v) is 2.31. The first kappa shape index (κ1) is 12.7. The van der Waals surface area contributed by atoms with Gasteiger partial charge in [0.05, 0.1) is 5.88 Å². The van der Waals surface area contributed by atoms with Crippen molar-refractivity contribution in [2.24, 2.45) is 0 Å².